The number of hydrogen-bond acceptors (Lipinski definition) is 4. The van der Waals surface area contributed by atoms with Gasteiger partial charge < -0.3 is 10.0 Å². The van der Waals surface area contributed by atoms with Gasteiger partial charge in [-0.3, -0.25) is 9.69 Å². The molecule has 5 heteroatoms. The van der Waals surface area contributed by atoms with Crippen molar-refractivity contribution in [2.24, 2.45) is 0 Å². The van der Waals surface area contributed by atoms with Gasteiger partial charge in [0.2, 0.25) is 0 Å². The fourth-order valence-electron chi connectivity index (χ4n) is 3.24. The highest BCUT2D eigenvalue weighted by Gasteiger charge is 2.28. The molecule has 0 aliphatic carbocycles. The van der Waals surface area contributed by atoms with Gasteiger partial charge >= 0.3 is 0 Å². The molecule has 1 aliphatic rings. The van der Waals surface area contributed by atoms with Crippen molar-refractivity contribution in [3.05, 3.63) is 28.8 Å². The Morgan fingerprint density at radius 2 is 1.38 bits per heavy atom. The number of phenols is 1. The Hall–Kier alpha value is -0.910. The van der Waals surface area contributed by atoms with Crippen LogP contribution in [-0.4, -0.2) is 60.5 Å². The molecule has 1 saturated heterocycles. The maximum atomic E-state index is 12.9. The molecule has 1 heterocycles. The second-order valence-electron chi connectivity index (χ2n) is 9.42. The van der Waals surface area contributed by atoms with Crippen molar-refractivity contribution in [2.45, 2.75) is 52.4 Å². The number of hydrogen-bond donors (Lipinski definition) is 1. The number of carbonyl (C=O) groups is 1. The molecule has 0 amide bonds. The number of nitrogens with zero attached hydrogens (tertiary/aromatic N) is 2. The van der Waals surface area contributed by atoms with E-state index in [1.54, 1.807) is 0 Å². The zero-order valence-electron chi connectivity index (χ0n) is 17.3. The van der Waals surface area contributed by atoms with E-state index >= 15 is 0 Å². The molecule has 0 aromatic heterocycles. The average Bonchev–Trinajstić information content (AvgIpc) is 2.47. The first kappa shape index (κ1) is 23.1. The van der Waals surface area contributed by atoms with Crippen LogP contribution < -0.4 is 0 Å². The molecular weight excluding hydrogens is 392 g/mol. The van der Waals surface area contributed by atoms with Crippen molar-refractivity contribution in [2.75, 3.05) is 39.8 Å². The predicted octanol–water partition coefficient (Wildman–Crippen LogP) is 4.00. The molecule has 0 unspecified atom stereocenters. The number of aromatic hydroxyl groups is 1. The number of rotatable bonds is 3. The first-order chi connectivity index (χ1) is 11.4. The summed E-state index contributed by atoms with van der Waals surface area (Å²) in [4.78, 5) is 17.4. The molecular formula is C21H35BrN2O2. The fraction of sp³-hybridized carbons (Fsp3) is 0.667. The molecule has 1 aromatic carbocycles. The molecule has 0 atom stereocenters. The molecule has 0 saturated carbocycles. The lowest BCUT2D eigenvalue weighted by Crippen LogP contribution is -2.46. The summed E-state index contributed by atoms with van der Waals surface area (Å²) in [6.45, 7) is 16.8. The van der Waals surface area contributed by atoms with E-state index < -0.39 is 0 Å². The van der Waals surface area contributed by atoms with Crippen molar-refractivity contribution in [3.63, 3.8) is 0 Å². The van der Waals surface area contributed by atoms with Crippen molar-refractivity contribution in [1.29, 1.82) is 0 Å². The predicted molar refractivity (Wildman–Crippen MR) is 114 cm³/mol. The molecule has 1 N–H and O–H groups in total. The minimum absolute atomic E-state index is 0. The zero-order chi connectivity index (χ0) is 19.0. The van der Waals surface area contributed by atoms with Crippen LogP contribution in [0.3, 0.4) is 0 Å². The van der Waals surface area contributed by atoms with Crippen LogP contribution in [0.25, 0.3) is 0 Å². The summed E-state index contributed by atoms with van der Waals surface area (Å²) in [6.07, 6.45) is 0. The van der Waals surface area contributed by atoms with Crippen LogP contribution >= 0.6 is 17.0 Å². The van der Waals surface area contributed by atoms with E-state index in [1.165, 1.54) is 0 Å². The third-order valence-corrected chi connectivity index (χ3v) is 5.01. The van der Waals surface area contributed by atoms with Gasteiger partial charge in [0.15, 0.2) is 5.78 Å². The normalized spacial score (nSPS) is 17.0. The van der Waals surface area contributed by atoms with Crippen molar-refractivity contribution >= 4 is 22.8 Å². The van der Waals surface area contributed by atoms with Gasteiger partial charge in [0.25, 0.3) is 0 Å². The third-order valence-electron chi connectivity index (χ3n) is 5.01. The number of carbonyl (C=O) groups excluding carboxylic acids is 1. The fourth-order valence-corrected chi connectivity index (χ4v) is 3.24. The quantitative estimate of drug-likeness (QED) is 0.741. The van der Waals surface area contributed by atoms with E-state index in [1.807, 2.05) is 12.1 Å². The number of ketones is 1. The van der Waals surface area contributed by atoms with Gasteiger partial charge in [-0.1, -0.05) is 41.5 Å². The van der Waals surface area contributed by atoms with Gasteiger partial charge in [-0.2, -0.15) is 0 Å². The number of halogens is 1. The van der Waals surface area contributed by atoms with Crippen LogP contribution in [0.4, 0.5) is 0 Å². The molecule has 26 heavy (non-hydrogen) atoms. The summed E-state index contributed by atoms with van der Waals surface area (Å²) in [6, 6.07) is 3.78. The smallest absolute Gasteiger partial charge is 0.176 e. The molecule has 4 nitrogen and oxygen atoms in total. The number of likely N-dealkylation sites (N-methyl/N-ethyl adjacent to an activating group) is 1. The number of Topliss-reactive ketones (excluding diaryl/α,β-unsaturated/α-hetero) is 1. The summed E-state index contributed by atoms with van der Waals surface area (Å²) >= 11 is 0. The Labute approximate surface area is 169 Å². The van der Waals surface area contributed by atoms with Gasteiger partial charge in [-0.15, -0.1) is 17.0 Å². The highest BCUT2D eigenvalue weighted by atomic mass is 79.9. The van der Waals surface area contributed by atoms with Crippen LogP contribution in [0.15, 0.2) is 12.1 Å². The van der Waals surface area contributed by atoms with Crippen LogP contribution in [0.5, 0.6) is 5.75 Å². The van der Waals surface area contributed by atoms with Crippen LogP contribution in [-0.2, 0) is 10.8 Å². The molecule has 148 valence electrons. The van der Waals surface area contributed by atoms with Gasteiger partial charge in [0, 0.05) is 42.9 Å². The van der Waals surface area contributed by atoms with Crippen LogP contribution in [0.2, 0.25) is 0 Å². The average molecular weight is 427 g/mol. The first-order valence-electron chi connectivity index (χ1n) is 9.21. The lowest BCUT2D eigenvalue weighted by atomic mass is 9.78. The Kier molecular flexibility index (Phi) is 7.48. The third kappa shape index (κ3) is 5.54. The Morgan fingerprint density at radius 3 is 1.77 bits per heavy atom. The van der Waals surface area contributed by atoms with E-state index in [4.69, 9.17) is 0 Å². The molecule has 1 aliphatic heterocycles. The summed E-state index contributed by atoms with van der Waals surface area (Å²) in [5.41, 5.74) is 1.98. The molecule has 0 spiro atoms. The topological polar surface area (TPSA) is 43.8 Å². The summed E-state index contributed by atoms with van der Waals surface area (Å²) in [5.74, 6) is 0.469. The molecule has 1 aromatic rings. The zero-order valence-corrected chi connectivity index (χ0v) is 19.1. The summed E-state index contributed by atoms with van der Waals surface area (Å²) in [5, 5.41) is 10.8. The highest BCUT2D eigenvalue weighted by Crippen LogP contribution is 2.39. The van der Waals surface area contributed by atoms with E-state index in [0.717, 1.165) is 37.3 Å². The second kappa shape index (κ2) is 8.41. The first-order valence-corrected chi connectivity index (χ1v) is 9.21. The largest absolute Gasteiger partial charge is 0.507 e. The molecule has 1 fully saturated rings. The van der Waals surface area contributed by atoms with Crippen molar-refractivity contribution < 1.29 is 9.90 Å². The lowest BCUT2D eigenvalue weighted by Gasteiger charge is -2.32. The number of piperazine rings is 1. The summed E-state index contributed by atoms with van der Waals surface area (Å²) < 4.78 is 0. The second-order valence-corrected chi connectivity index (χ2v) is 9.42. The lowest BCUT2D eigenvalue weighted by molar-refractivity contribution is 0.0876. The van der Waals surface area contributed by atoms with E-state index in [9.17, 15) is 9.90 Å². The van der Waals surface area contributed by atoms with E-state index in [2.05, 4.69) is 58.4 Å². The van der Waals surface area contributed by atoms with Crippen molar-refractivity contribution in [1.82, 2.24) is 9.80 Å². The van der Waals surface area contributed by atoms with Gasteiger partial charge in [0.05, 0.1) is 6.54 Å². The number of phenolic OH excluding ortho intramolecular Hbond substituents is 1. The molecule has 0 radical (unpaired) electrons. The molecule has 2 rings (SSSR count). The van der Waals surface area contributed by atoms with Crippen LogP contribution in [0.1, 0.15) is 63.0 Å². The van der Waals surface area contributed by atoms with Gasteiger partial charge in [-0.25, -0.2) is 0 Å². The Morgan fingerprint density at radius 1 is 0.962 bits per heavy atom. The van der Waals surface area contributed by atoms with Gasteiger partial charge in [0.1, 0.15) is 5.75 Å². The van der Waals surface area contributed by atoms with E-state index in [-0.39, 0.29) is 33.6 Å². The monoisotopic (exact) mass is 426 g/mol. The maximum absolute atomic E-state index is 12.9. The Bertz CT molecular complexity index is 601. The maximum Gasteiger partial charge on any atom is 0.176 e. The minimum atomic E-state index is -0.214. The van der Waals surface area contributed by atoms with Crippen molar-refractivity contribution in [3.8, 4) is 5.75 Å². The minimum Gasteiger partial charge on any atom is -0.507 e. The highest BCUT2D eigenvalue weighted by molar-refractivity contribution is 8.93. The number of benzene rings is 1. The Balaban J connectivity index is 0.00000338. The van der Waals surface area contributed by atoms with E-state index in [0.29, 0.717) is 17.9 Å². The summed E-state index contributed by atoms with van der Waals surface area (Å²) in [7, 11) is 2.12. The molecule has 0 bridgehead atoms. The van der Waals surface area contributed by atoms with Gasteiger partial charge in [-0.05, 0) is 30.0 Å². The standard InChI is InChI=1S/C21H34N2O2.BrH/c1-20(2,3)16-12-15(13-17(19(16)25)21(4,5)6)18(24)14-23-10-8-22(7)9-11-23;/h12-13,25H,8-11,14H2,1-7H3;1H. The van der Waals surface area contributed by atoms with Crippen LogP contribution in [0, 0.1) is 0 Å². The SMILES string of the molecule is Br.CN1CCN(CC(=O)c2cc(C(C)(C)C)c(O)c(C(C)(C)C)c2)CC1.